The molecule has 2 heterocycles. The summed E-state index contributed by atoms with van der Waals surface area (Å²) in [5, 5.41) is 0. The van der Waals surface area contributed by atoms with Gasteiger partial charge in [-0.2, -0.15) is 0 Å². The van der Waals surface area contributed by atoms with Crippen molar-refractivity contribution in [2.45, 2.75) is 12.5 Å². The molecule has 5 heteroatoms. The van der Waals surface area contributed by atoms with Crippen molar-refractivity contribution in [3.05, 3.63) is 60.2 Å². The molecule has 0 saturated carbocycles. The number of benzene rings is 1. The summed E-state index contributed by atoms with van der Waals surface area (Å²) in [6.07, 6.45) is 3.97. The predicted molar refractivity (Wildman–Crippen MR) is 75.6 cm³/mol. The topological polar surface area (TPSA) is 42.4 Å². The summed E-state index contributed by atoms with van der Waals surface area (Å²) in [5.74, 6) is -0.0906. The Bertz CT molecular complexity index is 633. The summed E-state index contributed by atoms with van der Waals surface area (Å²) in [7, 11) is 0. The molecule has 2 aromatic rings. The summed E-state index contributed by atoms with van der Waals surface area (Å²) in [6.45, 7) is 1.03. The van der Waals surface area contributed by atoms with Crippen LogP contribution >= 0.6 is 0 Å². The Balaban J connectivity index is 1.65. The van der Waals surface area contributed by atoms with E-state index in [-0.39, 0.29) is 17.6 Å². The van der Waals surface area contributed by atoms with Crippen molar-refractivity contribution in [1.29, 1.82) is 0 Å². The largest absolute Gasteiger partial charge is 0.487 e. The van der Waals surface area contributed by atoms with Crippen LogP contribution in [-0.4, -0.2) is 35.0 Å². The average Bonchev–Trinajstić information content (AvgIpc) is 2.97. The van der Waals surface area contributed by atoms with Gasteiger partial charge in [-0.1, -0.05) is 12.1 Å². The van der Waals surface area contributed by atoms with E-state index in [9.17, 15) is 9.18 Å². The third kappa shape index (κ3) is 3.02. The van der Waals surface area contributed by atoms with E-state index in [1.807, 2.05) is 6.07 Å². The number of hydrogen-bond acceptors (Lipinski definition) is 3. The van der Waals surface area contributed by atoms with Crippen LogP contribution in [0.3, 0.4) is 0 Å². The van der Waals surface area contributed by atoms with Gasteiger partial charge in [0, 0.05) is 19.2 Å². The molecule has 1 saturated heterocycles. The Hall–Kier alpha value is -2.43. The van der Waals surface area contributed by atoms with Crippen LogP contribution < -0.4 is 4.74 Å². The molecular formula is C16H15FN2O2. The summed E-state index contributed by atoms with van der Waals surface area (Å²) in [6, 6.07) is 9.67. The molecule has 0 spiro atoms. The van der Waals surface area contributed by atoms with Crippen molar-refractivity contribution in [3.8, 4) is 5.75 Å². The smallest absolute Gasteiger partial charge is 0.256 e. The van der Waals surface area contributed by atoms with Gasteiger partial charge in [0.25, 0.3) is 5.91 Å². The SMILES string of the molecule is O=C(c1ccccc1F)N1CCC(Oc2cccnc2)C1. The van der Waals surface area contributed by atoms with Crippen molar-refractivity contribution < 1.29 is 13.9 Å². The van der Waals surface area contributed by atoms with Crippen LogP contribution in [-0.2, 0) is 0 Å². The average molecular weight is 286 g/mol. The molecule has 1 aromatic heterocycles. The van der Waals surface area contributed by atoms with E-state index in [0.29, 0.717) is 18.8 Å². The number of halogens is 1. The number of rotatable bonds is 3. The first-order chi connectivity index (χ1) is 10.2. The quantitative estimate of drug-likeness (QED) is 0.870. The lowest BCUT2D eigenvalue weighted by Gasteiger charge is -2.17. The molecule has 3 rings (SSSR count). The molecule has 1 aliphatic rings. The minimum absolute atomic E-state index is 0.0788. The highest BCUT2D eigenvalue weighted by molar-refractivity contribution is 5.94. The molecule has 1 fully saturated rings. The maximum Gasteiger partial charge on any atom is 0.256 e. The lowest BCUT2D eigenvalue weighted by atomic mass is 10.2. The molecule has 1 aliphatic heterocycles. The number of aromatic nitrogens is 1. The third-order valence-electron chi connectivity index (χ3n) is 3.47. The number of hydrogen-bond donors (Lipinski definition) is 0. The van der Waals surface area contributed by atoms with Gasteiger partial charge < -0.3 is 9.64 Å². The van der Waals surface area contributed by atoms with Gasteiger partial charge in [-0.05, 0) is 24.3 Å². The zero-order valence-corrected chi connectivity index (χ0v) is 11.4. The Kier molecular flexibility index (Phi) is 3.81. The lowest BCUT2D eigenvalue weighted by Crippen LogP contribution is -2.31. The number of nitrogens with zero attached hydrogens (tertiary/aromatic N) is 2. The first-order valence-electron chi connectivity index (χ1n) is 6.84. The number of likely N-dealkylation sites (tertiary alicyclic amines) is 1. The Morgan fingerprint density at radius 2 is 2.14 bits per heavy atom. The van der Waals surface area contributed by atoms with Gasteiger partial charge in [0.1, 0.15) is 17.7 Å². The van der Waals surface area contributed by atoms with E-state index in [0.717, 1.165) is 6.42 Å². The van der Waals surface area contributed by atoms with Crippen molar-refractivity contribution in [1.82, 2.24) is 9.88 Å². The molecular weight excluding hydrogens is 271 g/mol. The van der Waals surface area contributed by atoms with Gasteiger partial charge in [-0.15, -0.1) is 0 Å². The second-order valence-corrected chi connectivity index (χ2v) is 4.95. The fourth-order valence-corrected chi connectivity index (χ4v) is 2.42. The fourth-order valence-electron chi connectivity index (χ4n) is 2.42. The molecule has 0 N–H and O–H groups in total. The van der Waals surface area contributed by atoms with E-state index >= 15 is 0 Å². The normalized spacial score (nSPS) is 17.8. The number of carbonyl (C=O) groups is 1. The monoisotopic (exact) mass is 286 g/mol. The third-order valence-corrected chi connectivity index (χ3v) is 3.47. The zero-order valence-electron chi connectivity index (χ0n) is 11.4. The molecule has 1 atom stereocenters. The Morgan fingerprint density at radius 3 is 2.90 bits per heavy atom. The lowest BCUT2D eigenvalue weighted by molar-refractivity contribution is 0.0767. The van der Waals surface area contributed by atoms with Crippen molar-refractivity contribution in [3.63, 3.8) is 0 Å². The van der Waals surface area contributed by atoms with Crippen LogP contribution in [0.1, 0.15) is 16.8 Å². The zero-order chi connectivity index (χ0) is 14.7. The molecule has 1 aromatic carbocycles. The van der Waals surface area contributed by atoms with Crippen LogP contribution in [0.4, 0.5) is 4.39 Å². The van der Waals surface area contributed by atoms with Gasteiger partial charge in [-0.3, -0.25) is 9.78 Å². The van der Waals surface area contributed by atoms with E-state index in [4.69, 9.17) is 4.74 Å². The first-order valence-corrected chi connectivity index (χ1v) is 6.84. The predicted octanol–water partition coefficient (Wildman–Crippen LogP) is 2.51. The Morgan fingerprint density at radius 1 is 1.29 bits per heavy atom. The molecule has 21 heavy (non-hydrogen) atoms. The highest BCUT2D eigenvalue weighted by Crippen LogP contribution is 2.20. The maximum atomic E-state index is 13.7. The molecule has 1 unspecified atom stereocenters. The summed E-state index contributed by atoms with van der Waals surface area (Å²) < 4.78 is 19.4. The van der Waals surface area contributed by atoms with Crippen LogP contribution in [0.15, 0.2) is 48.8 Å². The molecule has 1 amide bonds. The van der Waals surface area contributed by atoms with Crippen LogP contribution in [0, 0.1) is 5.82 Å². The highest BCUT2D eigenvalue weighted by Gasteiger charge is 2.29. The van der Waals surface area contributed by atoms with Gasteiger partial charge in [0.05, 0.1) is 18.3 Å². The van der Waals surface area contributed by atoms with Crippen molar-refractivity contribution in [2.75, 3.05) is 13.1 Å². The number of amides is 1. The first kappa shape index (κ1) is 13.5. The van der Waals surface area contributed by atoms with Crippen LogP contribution in [0.2, 0.25) is 0 Å². The van der Waals surface area contributed by atoms with Crippen molar-refractivity contribution >= 4 is 5.91 Å². The van der Waals surface area contributed by atoms with E-state index < -0.39 is 5.82 Å². The number of pyridine rings is 1. The number of ether oxygens (including phenoxy) is 1. The van der Waals surface area contributed by atoms with Crippen LogP contribution in [0.25, 0.3) is 0 Å². The molecule has 108 valence electrons. The minimum atomic E-state index is -0.487. The maximum absolute atomic E-state index is 13.7. The van der Waals surface area contributed by atoms with E-state index in [2.05, 4.69) is 4.98 Å². The van der Waals surface area contributed by atoms with Gasteiger partial charge in [-0.25, -0.2) is 4.39 Å². The van der Waals surface area contributed by atoms with Gasteiger partial charge in [0.15, 0.2) is 0 Å². The van der Waals surface area contributed by atoms with E-state index in [1.165, 1.54) is 12.1 Å². The highest BCUT2D eigenvalue weighted by atomic mass is 19.1. The van der Waals surface area contributed by atoms with Gasteiger partial charge in [0.2, 0.25) is 0 Å². The second kappa shape index (κ2) is 5.91. The second-order valence-electron chi connectivity index (χ2n) is 4.95. The molecule has 0 radical (unpaired) electrons. The van der Waals surface area contributed by atoms with Crippen molar-refractivity contribution in [2.24, 2.45) is 0 Å². The summed E-state index contributed by atoms with van der Waals surface area (Å²) >= 11 is 0. The fraction of sp³-hybridized carbons (Fsp3) is 0.250. The Labute approximate surface area is 122 Å². The summed E-state index contributed by atoms with van der Waals surface area (Å²) in [4.78, 5) is 17.9. The van der Waals surface area contributed by atoms with Crippen LogP contribution in [0.5, 0.6) is 5.75 Å². The molecule has 0 bridgehead atoms. The molecule has 4 nitrogen and oxygen atoms in total. The minimum Gasteiger partial charge on any atom is -0.487 e. The summed E-state index contributed by atoms with van der Waals surface area (Å²) in [5.41, 5.74) is 0.111. The number of carbonyl (C=O) groups excluding carboxylic acids is 1. The standard InChI is InChI=1S/C16H15FN2O2/c17-15-6-2-1-5-14(15)16(20)19-9-7-13(11-19)21-12-4-3-8-18-10-12/h1-6,8,10,13H,7,9,11H2. The van der Waals surface area contributed by atoms with Gasteiger partial charge >= 0.3 is 0 Å². The van der Waals surface area contributed by atoms with E-state index in [1.54, 1.807) is 35.5 Å². The molecule has 0 aliphatic carbocycles.